The van der Waals surface area contributed by atoms with Crippen LogP contribution < -0.4 is 10.6 Å². The molecule has 25 heavy (non-hydrogen) atoms. The zero-order valence-corrected chi connectivity index (χ0v) is 18.0. The number of thiophene rings is 1. The second-order valence-corrected chi connectivity index (χ2v) is 8.01. The third-order valence-electron chi connectivity index (χ3n) is 5.26. The summed E-state index contributed by atoms with van der Waals surface area (Å²) in [6.45, 7) is 5.53. The Hall–Kier alpha value is -0.860. The van der Waals surface area contributed by atoms with Gasteiger partial charge in [-0.1, -0.05) is 25.1 Å². The molecule has 2 aliphatic rings. The van der Waals surface area contributed by atoms with E-state index in [0.29, 0.717) is 12.0 Å². The molecule has 0 spiro atoms. The number of rotatable bonds is 4. The maximum Gasteiger partial charge on any atom is 0.191 e. The van der Waals surface area contributed by atoms with Crippen LogP contribution in [-0.4, -0.2) is 43.1 Å². The maximum atomic E-state index is 4.43. The highest BCUT2D eigenvalue weighted by molar-refractivity contribution is 14.0. The fraction of sp³-hybridized carbons (Fsp3) is 0.526. The van der Waals surface area contributed by atoms with Crippen molar-refractivity contribution in [3.63, 3.8) is 0 Å². The van der Waals surface area contributed by atoms with Crippen LogP contribution in [0.4, 0.5) is 0 Å². The monoisotopic (exact) mass is 470 g/mol. The summed E-state index contributed by atoms with van der Waals surface area (Å²) >= 11 is 1.81. The summed E-state index contributed by atoms with van der Waals surface area (Å²) in [5, 5.41) is 10.7. The number of hydrogen-bond acceptors (Lipinski definition) is 3. The summed E-state index contributed by atoms with van der Waals surface area (Å²) in [6, 6.07) is 9.94. The van der Waals surface area contributed by atoms with Crippen molar-refractivity contribution in [3.05, 3.63) is 35.2 Å². The Morgan fingerprint density at radius 3 is 2.84 bits per heavy atom. The van der Waals surface area contributed by atoms with Crippen LogP contribution in [0.15, 0.2) is 34.6 Å². The van der Waals surface area contributed by atoms with Crippen LogP contribution in [0.1, 0.15) is 25.3 Å². The third-order valence-corrected chi connectivity index (χ3v) is 6.27. The van der Waals surface area contributed by atoms with Crippen LogP contribution in [-0.2, 0) is 6.54 Å². The lowest BCUT2D eigenvalue weighted by Crippen LogP contribution is -2.46. The van der Waals surface area contributed by atoms with E-state index in [1.54, 1.807) is 0 Å². The zero-order chi connectivity index (χ0) is 16.5. The smallest absolute Gasteiger partial charge is 0.191 e. The molecule has 2 atom stereocenters. The van der Waals surface area contributed by atoms with Crippen LogP contribution in [0.25, 0.3) is 10.1 Å². The van der Waals surface area contributed by atoms with Gasteiger partial charge in [-0.15, -0.1) is 35.3 Å². The van der Waals surface area contributed by atoms with E-state index in [2.05, 4.69) is 57.1 Å². The number of fused-ring (bicyclic) bond motifs is 1. The average molecular weight is 470 g/mol. The molecule has 4 nitrogen and oxygen atoms in total. The molecule has 1 aromatic heterocycles. The van der Waals surface area contributed by atoms with E-state index < -0.39 is 0 Å². The molecule has 2 heterocycles. The molecule has 4 rings (SSSR count). The maximum absolute atomic E-state index is 4.43. The molecule has 2 aromatic rings. The van der Waals surface area contributed by atoms with Gasteiger partial charge in [0.05, 0.1) is 0 Å². The lowest BCUT2D eigenvalue weighted by Gasteiger charge is -2.20. The number of nitrogens with one attached hydrogen (secondary N) is 2. The Morgan fingerprint density at radius 2 is 2.08 bits per heavy atom. The number of benzene rings is 1. The van der Waals surface area contributed by atoms with Crippen molar-refractivity contribution < 1.29 is 0 Å². The number of nitrogens with zero attached hydrogens (tertiary/aromatic N) is 2. The van der Waals surface area contributed by atoms with Gasteiger partial charge in [-0.3, -0.25) is 9.89 Å². The van der Waals surface area contributed by atoms with Crippen LogP contribution in [0, 0.1) is 5.92 Å². The second kappa shape index (κ2) is 8.22. The van der Waals surface area contributed by atoms with Gasteiger partial charge in [-0.05, 0) is 41.2 Å². The topological polar surface area (TPSA) is 39.7 Å². The number of halogens is 1. The van der Waals surface area contributed by atoms with E-state index >= 15 is 0 Å². The predicted octanol–water partition coefficient (Wildman–Crippen LogP) is 3.67. The number of aliphatic imine (C=N–C) groups is 1. The number of hydrogen-bond donors (Lipinski definition) is 2. The fourth-order valence-corrected chi connectivity index (χ4v) is 4.61. The Balaban J connectivity index is 0.00000182. The molecule has 2 unspecified atom stereocenters. The molecule has 1 saturated heterocycles. The molecule has 136 valence electrons. The highest BCUT2D eigenvalue weighted by Gasteiger charge is 2.38. The summed E-state index contributed by atoms with van der Waals surface area (Å²) in [6.07, 6.45) is 2.77. The van der Waals surface area contributed by atoms with E-state index in [9.17, 15) is 0 Å². The van der Waals surface area contributed by atoms with Crippen molar-refractivity contribution in [3.8, 4) is 0 Å². The summed E-state index contributed by atoms with van der Waals surface area (Å²) in [7, 11) is 1.86. The molecule has 2 fully saturated rings. The molecule has 6 heteroatoms. The van der Waals surface area contributed by atoms with Crippen molar-refractivity contribution in [1.82, 2.24) is 15.5 Å². The Morgan fingerprint density at radius 1 is 1.28 bits per heavy atom. The molecule has 0 radical (unpaired) electrons. The summed E-state index contributed by atoms with van der Waals surface area (Å²) in [5.74, 6) is 1.59. The van der Waals surface area contributed by atoms with Gasteiger partial charge in [0.1, 0.15) is 0 Å². The lowest BCUT2D eigenvalue weighted by atomic mass is 10.1. The normalized spacial score (nSPS) is 24.3. The zero-order valence-electron chi connectivity index (χ0n) is 14.9. The van der Waals surface area contributed by atoms with Crippen molar-refractivity contribution in [1.29, 1.82) is 0 Å². The fourth-order valence-electron chi connectivity index (χ4n) is 3.65. The van der Waals surface area contributed by atoms with E-state index in [1.165, 1.54) is 35.0 Å². The lowest BCUT2D eigenvalue weighted by molar-refractivity contribution is 0.315. The molecular formula is C19H27IN4S. The predicted molar refractivity (Wildman–Crippen MR) is 118 cm³/mol. The molecule has 1 aromatic carbocycles. The molecule has 0 bridgehead atoms. The SMILES string of the molecule is CN=C(NCc1csc2ccccc12)NC1CN(C2CC2)CC1C.I. The quantitative estimate of drug-likeness (QED) is 0.407. The largest absolute Gasteiger partial charge is 0.352 e. The minimum absolute atomic E-state index is 0. The van der Waals surface area contributed by atoms with Gasteiger partial charge >= 0.3 is 0 Å². The van der Waals surface area contributed by atoms with Crippen LogP contribution in [0.5, 0.6) is 0 Å². The molecule has 0 amide bonds. The highest BCUT2D eigenvalue weighted by atomic mass is 127. The molecule has 1 aliphatic heterocycles. The molecule has 2 N–H and O–H groups in total. The molecule has 1 saturated carbocycles. The van der Waals surface area contributed by atoms with Crippen molar-refractivity contribution >= 4 is 51.4 Å². The van der Waals surface area contributed by atoms with Crippen LogP contribution in [0.2, 0.25) is 0 Å². The van der Waals surface area contributed by atoms with Crippen LogP contribution in [0.3, 0.4) is 0 Å². The van der Waals surface area contributed by atoms with Crippen molar-refractivity contribution in [2.24, 2.45) is 10.9 Å². The van der Waals surface area contributed by atoms with E-state index in [-0.39, 0.29) is 24.0 Å². The average Bonchev–Trinajstić information content (AvgIpc) is 3.28. The second-order valence-electron chi connectivity index (χ2n) is 7.10. The van der Waals surface area contributed by atoms with Gasteiger partial charge in [0.15, 0.2) is 5.96 Å². The van der Waals surface area contributed by atoms with Gasteiger partial charge in [-0.2, -0.15) is 0 Å². The summed E-state index contributed by atoms with van der Waals surface area (Å²) in [4.78, 5) is 7.07. The van der Waals surface area contributed by atoms with E-state index in [1.807, 2.05) is 18.4 Å². The molecular weight excluding hydrogens is 443 g/mol. The summed E-state index contributed by atoms with van der Waals surface area (Å²) in [5.41, 5.74) is 1.35. The Labute approximate surface area is 171 Å². The Bertz CT molecular complexity index is 740. The van der Waals surface area contributed by atoms with Gasteiger partial charge in [0.25, 0.3) is 0 Å². The Kier molecular flexibility index (Phi) is 6.22. The molecule has 1 aliphatic carbocycles. The number of guanidine groups is 1. The van der Waals surface area contributed by atoms with E-state index in [0.717, 1.165) is 25.1 Å². The highest BCUT2D eigenvalue weighted by Crippen LogP contribution is 2.31. The minimum atomic E-state index is 0. The first-order chi connectivity index (χ1) is 11.7. The number of likely N-dealkylation sites (tertiary alicyclic amines) is 1. The standard InChI is InChI=1S/C19H26N4S.HI/c1-13-10-23(15-7-8-15)11-17(13)22-19(20-2)21-9-14-12-24-18-6-4-3-5-16(14)18;/h3-6,12-13,15,17H,7-11H2,1-2H3,(H2,20,21,22);1H. The first-order valence-corrected chi connectivity index (χ1v) is 9.79. The van der Waals surface area contributed by atoms with Crippen LogP contribution >= 0.6 is 35.3 Å². The van der Waals surface area contributed by atoms with Crippen molar-refractivity contribution in [2.45, 2.75) is 38.4 Å². The third kappa shape index (κ3) is 4.28. The van der Waals surface area contributed by atoms with Crippen molar-refractivity contribution in [2.75, 3.05) is 20.1 Å². The first-order valence-electron chi connectivity index (χ1n) is 8.91. The first kappa shape index (κ1) is 18.9. The van der Waals surface area contributed by atoms with Gasteiger partial charge in [-0.25, -0.2) is 0 Å². The van der Waals surface area contributed by atoms with E-state index in [4.69, 9.17) is 0 Å². The summed E-state index contributed by atoms with van der Waals surface area (Å²) < 4.78 is 1.35. The van der Waals surface area contributed by atoms with Gasteiger partial charge in [0, 0.05) is 43.5 Å². The van der Waals surface area contributed by atoms with Gasteiger partial charge < -0.3 is 10.6 Å². The van der Waals surface area contributed by atoms with Gasteiger partial charge in [0.2, 0.25) is 0 Å². The minimum Gasteiger partial charge on any atom is -0.352 e.